The second-order valence-corrected chi connectivity index (χ2v) is 5.75. The van der Waals surface area contributed by atoms with Gasteiger partial charge in [0.25, 0.3) is 0 Å². The molecule has 4 nitrogen and oxygen atoms in total. The Morgan fingerprint density at radius 2 is 2.11 bits per heavy atom. The van der Waals surface area contributed by atoms with Gasteiger partial charge in [0.05, 0.1) is 12.8 Å². The van der Waals surface area contributed by atoms with Crippen molar-refractivity contribution < 1.29 is 9.53 Å². The summed E-state index contributed by atoms with van der Waals surface area (Å²) in [6.07, 6.45) is 0.988. The van der Waals surface area contributed by atoms with Crippen molar-refractivity contribution in [2.75, 3.05) is 12.4 Å². The molecule has 0 spiro atoms. The van der Waals surface area contributed by atoms with E-state index >= 15 is 0 Å². The highest BCUT2D eigenvalue weighted by atomic mass is 35.5. The molecule has 5 heteroatoms. The summed E-state index contributed by atoms with van der Waals surface area (Å²) in [5.74, 6) is 0.467. The molecule has 0 fully saturated rings. The number of amides is 1. The van der Waals surface area contributed by atoms with Crippen molar-refractivity contribution in [3.05, 3.63) is 22.7 Å². The zero-order valence-electron chi connectivity index (χ0n) is 11.8. The van der Waals surface area contributed by atoms with E-state index in [1.165, 1.54) is 0 Å². The Morgan fingerprint density at radius 1 is 1.47 bits per heavy atom. The van der Waals surface area contributed by atoms with Crippen LogP contribution in [0.5, 0.6) is 5.75 Å². The molecule has 0 aliphatic carbocycles. The minimum atomic E-state index is -0.350. The smallest absolute Gasteiger partial charge is 0.224 e. The van der Waals surface area contributed by atoms with Gasteiger partial charge in [-0.15, -0.1) is 0 Å². The van der Waals surface area contributed by atoms with Crippen LogP contribution in [0.2, 0.25) is 5.02 Å². The fourth-order valence-corrected chi connectivity index (χ4v) is 1.73. The molecular weight excluding hydrogens is 264 g/mol. The van der Waals surface area contributed by atoms with Gasteiger partial charge in [-0.3, -0.25) is 4.79 Å². The number of halogens is 1. The number of aryl methyl sites for hydroxylation is 1. The van der Waals surface area contributed by atoms with Crippen LogP contribution < -0.4 is 15.8 Å². The number of carbonyl (C=O) groups is 1. The van der Waals surface area contributed by atoms with Crippen molar-refractivity contribution in [3.63, 3.8) is 0 Å². The molecule has 0 radical (unpaired) electrons. The molecule has 3 N–H and O–H groups in total. The Kier molecular flexibility index (Phi) is 5.20. The summed E-state index contributed by atoms with van der Waals surface area (Å²) in [5, 5.41) is 3.43. The van der Waals surface area contributed by atoms with Gasteiger partial charge in [-0.1, -0.05) is 11.6 Å². The van der Waals surface area contributed by atoms with Crippen molar-refractivity contribution in [1.29, 1.82) is 0 Å². The van der Waals surface area contributed by atoms with Crippen LogP contribution in [0.3, 0.4) is 0 Å². The SMILES string of the molecule is COc1cc(Cl)c(C)cc1NC(=O)CCC(C)(C)N. The van der Waals surface area contributed by atoms with Crippen molar-refractivity contribution in [2.45, 2.75) is 39.2 Å². The molecule has 0 aromatic heterocycles. The predicted octanol–water partition coefficient (Wildman–Crippen LogP) is 3.11. The number of nitrogens with two attached hydrogens (primary N) is 1. The number of carbonyl (C=O) groups excluding carboxylic acids is 1. The Hall–Kier alpha value is -1.26. The molecule has 19 heavy (non-hydrogen) atoms. The van der Waals surface area contributed by atoms with Crippen molar-refractivity contribution in [3.8, 4) is 5.75 Å². The molecule has 0 aliphatic rings. The molecule has 0 unspecified atom stereocenters. The van der Waals surface area contributed by atoms with Crippen LogP contribution in [0.15, 0.2) is 12.1 Å². The van der Waals surface area contributed by atoms with E-state index in [-0.39, 0.29) is 11.4 Å². The first-order valence-electron chi connectivity index (χ1n) is 6.16. The second-order valence-electron chi connectivity index (χ2n) is 5.34. The van der Waals surface area contributed by atoms with Gasteiger partial charge in [0.1, 0.15) is 5.75 Å². The molecule has 1 aromatic rings. The molecule has 1 amide bonds. The lowest BCUT2D eigenvalue weighted by Gasteiger charge is -2.18. The molecule has 0 saturated carbocycles. The topological polar surface area (TPSA) is 64.3 Å². The number of hydrogen-bond donors (Lipinski definition) is 2. The molecule has 1 aromatic carbocycles. The summed E-state index contributed by atoms with van der Waals surface area (Å²) in [7, 11) is 1.54. The second kappa shape index (κ2) is 6.26. The lowest BCUT2D eigenvalue weighted by Crippen LogP contribution is -2.33. The predicted molar refractivity (Wildman–Crippen MR) is 78.9 cm³/mol. The Morgan fingerprint density at radius 3 is 2.63 bits per heavy atom. The summed E-state index contributed by atoms with van der Waals surface area (Å²) in [4.78, 5) is 11.9. The first-order valence-corrected chi connectivity index (χ1v) is 6.53. The van der Waals surface area contributed by atoms with Gasteiger partial charge in [-0.2, -0.15) is 0 Å². The lowest BCUT2D eigenvalue weighted by atomic mass is 10.00. The van der Waals surface area contributed by atoms with Crippen LogP contribution in [-0.4, -0.2) is 18.6 Å². The lowest BCUT2D eigenvalue weighted by molar-refractivity contribution is -0.116. The fourth-order valence-electron chi connectivity index (χ4n) is 1.58. The molecule has 0 bridgehead atoms. The van der Waals surface area contributed by atoms with E-state index in [0.717, 1.165) is 5.56 Å². The number of nitrogens with one attached hydrogen (secondary N) is 1. The number of anilines is 1. The first kappa shape index (κ1) is 15.8. The van der Waals surface area contributed by atoms with Gasteiger partial charge in [-0.05, 0) is 38.8 Å². The third kappa shape index (κ3) is 5.09. The summed E-state index contributed by atoms with van der Waals surface area (Å²) >= 11 is 6.01. The van der Waals surface area contributed by atoms with E-state index in [9.17, 15) is 4.79 Å². The van der Waals surface area contributed by atoms with E-state index < -0.39 is 0 Å². The molecule has 0 heterocycles. The van der Waals surface area contributed by atoms with Crippen LogP contribution >= 0.6 is 11.6 Å². The minimum Gasteiger partial charge on any atom is -0.495 e. The van der Waals surface area contributed by atoms with Gasteiger partial charge < -0.3 is 15.8 Å². The highest BCUT2D eigenvalue weighted by Gasteiger charge is 2.15. The van der Waals surface area contributed by atoms with Gasteiger partial charge in [0.2, 0.25) is 5.91 Å². The van der Waals surface area contributed by atoms with Crippen molar-refractivity contribution in [2.24, 2.45) is 5.73 Å². The molecular formula is C14H21ClN2O2. The van der Waals surface area contributed by atoms with Crippen LogP contribution in [-0.2, 0) is 4.79 Å². The Labute approximate surface area is 119 Å². The number of hydrogen-bond acceptors (Lipinski definition) is 3. The largest absolute Gasteiger partial charge is 0.495 e. The average Bonchev–Trinajstić information content (AvgIpc) is 2.30. The highest BCUT2D eigenvalue weighted by Crippen LogP contribution is 2.31. The monoisotopic (exact) mass is 284 g/mol. The number of benzene rings is 1. The van der Waals surface area contributed by atoms with Gasteiger partial charge in [-0.25, -0.2) is 0 Å². The van der Waals surface area contributed by atoms with E-state index in [1.807, 2.05) is 20.8 Å². The standard InChI is InChI=1S/C14H21ClN2O2/c1-9-7-11(12(19-4)8-10(9)15)17-13(18)5-6-14(2,3)16/h7-8H,5-6,16H2,1-4H3,(H,17,18). The zero-order valence-corrected chi connectivity index (χ0v) is 12.6. The molecule has 0 atom stereocenters. The molecule has 0 aliphatic heterocycles. The quantitative estimate of drug-likeness (QED) is 0.873. The van der Waals surface area contributed by atoms with Crippen molar-refractivity contribution >= 4 is 23.2 Å². The normalized spacial score (nSPS) is 11.3. The van der Waals surface area contributed by atoms with Crippen LogP contribution in [0.4, 0.5) is 5.69 Å². The Balaban J connectivity index is 2.76. The van der Waals surface area contributed by atoms with E-state index in [0.29, 0.717) is 29.3 Å². The maximum atomic E-state index is 11.9. The highest BCUT2D eigenvalue weighted by molar-refractivity contribution is 6.31. The van der Waals surface area contributed by atoms with Gasteiger partial charge >= 0.3 is 0 Å². The maximum absolute atomic E-state index is 11.9. The first-order chi connectivity index (χ1) is 8.73. The molecule has 0 saturated heterocycles. The van der Waals surface area contributed by atoms with Gasteiger partial charge in [0.15, 0.2) is 0 Å². The van der Waals surface area contributed by atoms with Crippen LogP contribution in [0.25, 0.3) is 0 Å². The third-order valence-electron chi connectivity index (χ3n) is 2.75. The summed E-state index contributed by atoms with van der Waals surface area (Å²) in [6.45, 7) is 5.67. The average molecular weight is 285 g/mol. The fraction of sp³-hybridized carbons (Fsp3) is 0.500. The zero-order chi connectivity index (χ0) is 14.6. The van der Waals surface area contributed by atoms with E-state index in [4.69, 9.17) is 22.1 Å². The number of rotatable bonds is 5. The van der Waals surface area contributed by atoms with E-state index in [2.05, 4.69) is 5.32 Å². The maximum Gasteiger partial charge on any atom is 0.224 e. The summed E-state index contributed by atoms with van der Waals surface area (Å²) in [6, 6.07) is 3.49. The van der Waals surface area contributed by atoms with Crippen LogP contribution in [0.1, 0.15) is 32.3 Å². The van der Waals surface area contributed by atoms with Crippen LogP contribution in [0, 0.1) is 6.92 Å². The number of methoxy groups -OCH3 is 1. The molecule has 1 rings (SSSR count). The minimum absolute atomic E-state index is 0.0847. The number of ether oxygens (including phenoxy) is 1. The van der Waals surface area contributed by atoms with Crippen molar-refractivity contribution in [1.82, 2.24) is 0 Å². The van der Waals surface area contributed by atoms with E-state index in [1.54, 1.807) is 19.2 Å². The summed E-state index contributed by atoms with van der Waals surface area (Å²) < 4.78 is 5.20. The Bertz CT molecular complexity index is 467. The third-order valence-corrected chi connectivity index (χ3v) is 3.16. The molecule has 106 valence electrons. The summed E-state index contributed by atoms with van der Waals surface area (Å²) in [5.41, 5.74) is 7.02. The van der Waals surface area contributed by atoms with Gasteiger partial charge in [0, 0.05) is 23.0 Å².